The summed E-state index contributed by atoms with van der Waals surface area (Å²) in [6.45, 7) is 1.43. The van der Waals surface area contributed by atoms with Crippen LogP contribution in [-0.4, -0.2) is 26.6 Å². The predicted molar refractivity (Wildman–Crippen MR) is 125 cm³/mol. The number of nitrogens with zero attached hydrogens (tertiary/aromatic N) is 4. The van der Waals surface area contributed by atoms with Crippen LogP contribution in [0.15, 0.2) is 54.6 Å². The molecule has 3 N–H and O–H groups in total. The van der Waals surface area contributed by atoms with Gasteiger partial charge in [-0.1, -0.05) is 42.5 Å². The van der Waals surface area contributed by atoms with Crippen molar-refractivity contribution in [2.45, 2.75) is 26.1 Å². The number of halogens is 3. The summed E-state index contributed by atoms with van der Waals surface area (Å²) in [4.78, 5) is 29.0. The van der Waals surface area contributed by atoms with Gasteiger partial charge in [0.25, 0.3) is 11.8 Å². The van der Waals surface area contributed by atoms with Crippen molar-refractivity contribution >= 4 is 28.4 Å². The molecule has 0 spiro atoms. The SMILES string of the molecule is Cc1c(NC(=O)c2cc(C(N)=O)nc3ccccc23)c(C(F)(F)F)nn1Cc1ccc(CC#N)cc1. The van der Waals surface area contributed by atoms with Gasteiger partial charge in [0.05, 0.1) is 41.5 Å². The standard InChI is InChI=1S/C25H19F3N6O2/c1-14-21(32-24(36)18-12-20(23(30)35)31-19-5-3-2-4-17(18)19)22(25(26,27)28)33-34(14)13-16-8-6-15(7-9-16)10-11-29/h2-9,12H,10,13H2,1H3,(H2,30,35)(H,32,36). The van der Waals surface area contributed by atoms with Gasteiger partial charge >= 0.3 is 6.18 Å². The number of rotatable bonds is 6. The molecule has 2 amide bonds. The molecule has 0 aliphatic carbocycles. The lowest BCUT2D eigenvalue weighted by Gasteiger charge is -2.11. The summed E-state index contributed by atoms with van der Waals surface area (Å²) < 4.78 is 42.7. The first-order valence-corrected chi connectivity index (χ1v) is 10.7. The number of fused-ring (bicyclic) bond motifs is 1. The summed E-state index contributed by atoms with van der Waals surface area (Å²) in [5, 5.41) is 15.2. The number of hydrogen-bond acceptors (Lipinski definition) is 5. The highest BCUT2D eigenvalue weighted by atomic mass is 19.4. The number of para-hydroxylation sites is 1. The highest BCUT2D eigenvalue weighted by Gasteiger charge is 2.39. The zero-order valence-corrected chi connectivity index (χ0v) is 18.9. The Morgan fingerprint density at radius 3 is 2.42 bits per heavy atom. The molecule has 0 bridgehead atoms. The Labute approximate surface area is 203 Å². The van der Waals surface area contributed by atoms with Gasteiger partial charge < -0.3 is 11.1 Å². The van der Waals surface area contributed by atoms with Crippen LogP contribution in [0.5, 0.6) is 0 Å². The molecule has 0 unspecified atom stereocenters. The van der Waals surface area contributed by atoms with Gasteiger partial charge in [0.1, 0.15) is 5.69 Å². The molecule has 2 aromatic carbocycles. The van der Waals surface area contributed by atoms with Crippen molar-refractivity contribution in [1.29, 1.82) is 5.26 Å². The van der Waals surface area contributed by atoms with Crippen molar-refractivity contribution in [2.24, 2.45) is 5.73 Å². The molecule has 2 aromatic heterocycles. The molecular formula is C25H19F3N6O2. The van der Waals surface area contributed by atoms with Gasteiger partial charge in [-0.25, -0.2) is 4.98 Å². The number of nitriles is 1. The van der Waals surface area contributed by atoms with Crippen LogP contribution in [0.4, 0.5) is 18.9 Å². The van der Waals surface area contributed by atoms with Crippen LogP contribution in [0.1, 0.15) is 43.4 Å². The van der Waals surface area contributed by atoms with E-state index >= 15 is 0 Å². The summed E-state index contributed by atoms with van der Waals surface area (Å²) in [5.41, 5.74) is 5.17. The Morgan fingerprint density at radius 2 is 1.78 bits per heavy atom. The molecule has 182 valence electrons. The van der Waals surface area contributed by atoms with E-state index < -0.39 is 29.4 Å². The molecule has 0 saturated heterocycles. The second-order valence-electron chi connectivity index (χ2n) is 8.01. The highest BCUT2D eigenvalue weighted by molar-refractivity contribution is 6.14. The molecule has 0 aliphatic heterocycles. The maximum atomic E-state index is 13.9. The number of carbonyl (C=O) groups is 2. The Morgan fingerprint density at radius 1 is 1.11 bits per heavy atom. The van der Waals surface area contributed by atoms with Crippen LogP contribution < -0.4 is 11.1 Å². The number of pyridine rings is 1. The van der Waals surface area contributed by atoms with E-state index in [2.05, 4.69) is 15.4 Å². The number of primary amides is 1. The zero-order chi connectivity index (χ0) is 26.0. The average molecular weight is 492 g/mol. The Bertz CT molecular complexity index is 1520. The van der Waals surface area contributed by atoms with Crippen LogP contribution in [0.25, 0.3) is 10.9 Å². The van der Waals surface area contributed by atoms with E-state index in [0.29, 0.717) is 16.5 Å². The van der Waals surface area contributed by atoms with E-state index in [4.69, 9.17) is 11.0 Å². The Hall–Kier alpha value is -4.72. The van der Waals surface area contributed by atoms with Gasteiger partial charge in [-0.05, 0) is 30.2 Å². The summed E-state index contributed by atoms with van der Waals surface area (Å²) in [6, 6.07) is 16.4. The molecule has 0 atom stereocenters. The van der Waals surface area contributed by atoms with Crippen LogP contribution in [-0.2, 0) is 19.1 Å². The minimum absolute atomic E-state index is 0.0155. The van der Waals surface area contributed by atoms with Crippen molar-refractivity contribution < 1.29 is 22.8 Å². The topological polar surface area (TPSA) is 127 Å². The van der Waals surface area contributed by atoms with Gasteiger partial charge in [-0.2, -0.15) is 23.5 Å². The lowest BCUT2D eigenvalue weighted by molar-refractivity contribution is -0.140. The minimum atomic E-state index is -4.84. The second-order valence-corrected chi connectivity index (χ2v) is 8.01. The van der Waals surface area contributed by atoms with Crippen molar-refractivity contribution in [3.63, 3.8) is 0 Å². The number of anilines is 1. The number of amides is 2. The van der Waals surface area contributed by atoms with E-state index in [1.807, 2.05) is 6.07 Å². The molecular weight excluding hydrogens is 473 g/mol. The smallest absolute Gasteiger partial charge is 0.364 e. The average Bonchev–Trinajstić information content (AvgIpc) is 3.15. The third kappa shape index (κ3) is 4.88. The number of benzene rings is 2. The molecule has 0 fully saturated rings. The first kappa shape index (κ1) is 24.4. The van der Waals surface area contributed by atoms with Crippen LogP contribution in [0, 0.1) is 18.3 Å². The number of aromatic nitrogens is 3. The van der Waals surface area contributed by atoms with E-state index in [1.165, 1.54) is 6.92 Å². The number of carbonyl (C=O) groups excluding carboxylic acids is 2. The van der Waals surface area contributed by atoms with Crippen LogP contribution in [0.2, 0.25) is 0 Å². The number of alkyl halides is 3. The van der Waals surface area contributed by atoms with Crippen molar-refractivity contribution in [1.82, 2.24) is 14.8 Å². The second kappa shape index (κ2) is 9.50. The molecule has 4 rings (SSSR count). The lowest BCUT2D eigenvalue weighted by atomic mass is 10.1. The van der Waals surface area contributed by atoms with E-state index in [-0.39, 0.29) is 29.9 Å². The van der Waals surface area contributed by atoms with Crippen molar-refractivity contribution in [3.05, 3.63) is 88.4 Å². The fraction of sp³-hybridized carbons (Fsp3) is 0.160. The summed E-state index contributed by atoms with van der Waals surface area (Å²) in [7, 11) is 0. The van der Waals surface area contributed by atoms with Gasteiger partial charge in [0.2, 0.25) is 0 Å². The first-order valence-electron chi connectivity index (χ1n) is 10.7. The third-order valence-corrected chi connectivity index (χ3v) is 5.57. The first-order chi connectivity index (χ1) is 17.1. The quantitative estimate of drug-likeness (QED) is 0.417. The van der Waals surface area contributed by atoms with Crippen molar-refractivity contribution in [2.75, 3.05) is 5.32 Å². The maximum absolute atomic E-state index is 13.9. The fourth-order valence-corrected chi connectivity index (χ4v) is 3.75. The van der Waals surface area contributed by atoms with Gasteiger partial charge in [0.15, 0.2) is 5.69 Å². The van der Waals surface area contributed by atoms with E-state index in [1.54, 1.807) is 48.5 Å². The van der Waals surface area contributed by atoms with Gasteiger partial charge in [0, 0.05) is 5.39 Å². The molecule has 4 aromatic rings. The summed E-state index contributed by atoms with van der Waals surface area (Å²) in [5.74, 6) is -1.75. The molecule has 36 heavy (non-hydrogen) atoms. The monoisotopic (exact) mass is 492 g/mol. The van der Waals surface area contributed by atoms with Crippen LogP contribution >= 0.6 is 0 Å². The molecule has 0 radical (unpaired) electrons. The zero-order valence-electron chi connectivity index (χ0n) is 18.9. The summed E-state index contributed by atoms with van der Waals surface area (Å²) in [6.07, 6.45) is -4.62. The van der Waals surface area contributed by atoms with E-state index in [0.717, 1.165) is 16.3 Å². The number of nitrogens with two attached hydrogens (primary N) is 1. The molecule has 0 aliphatic rings. The molecule has 0 saturated carbocycles. The fourth-order valence-electron chi connectivity index (χ4n) is 3.75. The van der Waals surface area contributed by atoms with Crippen molar-refractivity contribution in [3.8, 4) is 6.07 Å². The maximum Gasteiger partial charge on any atom is 0.437 e. The largest absolute Gasteiger partial charge is 0.437 e. The Balaban J connectivity index is 1.73. The predicted octanol–water partition coefficient (Wildman–Crippen LogP) is 4.22. The third-order valence-electron chi connectivity index (χ3n) is 5.57. The van der Waals surface area contributed by atoms with Gasteiger partial charge in [-0.15, -0.1) is 0 Å². The lowest BCUT2D eigenvalue weighted by Crippen LogP contribution is -2.19. The Kier molecular flexibility index (Phi) is 6.44. The van der Waals surface area contributed by atoms with E-state index in [9.17, 15) is 22.8 Å². The normalized spacial score (nSPS) is 11.3. The number of hydrogen-bond donors (Lipinski definition) is 2. The highest BCUT2D eigenvalue weighted by Crippen LogP contribution is 2.36. The summed E-state index contributed by atoms with van der Waals surface area (Å²) >= 11 is 0. The van der Waals surface area contributed by atoms with Gasteiger partial charge in [-0.3, -0.25) is 14.3 Å². The molecule has 8 nitrogen and oxygen atoms in total. The minimum Gasteiger partial charge on any atom is -0.364 e. The molecule has 2 heterocycles. The number of nitrogens with one attached hydrogen (secondary N) is 1. The molecule has 11 heteroatoms. The van der Waals surface area contributed by atoms with Crippen LogP contribution in [0.3, 0.4) is 0 Å².